The van der Waals surface area contributed by atoms with Gasteiger partial charge in [-0.05, 0) is 38.8 Å². The van der Waals surface area contributed by atoms with Gasteiger partial charge < -0.3 is 10.1 Å². The molecule has 2 amide bonds. The molecule has 0 spiro atoms. The first kappa shape index (κ1) is 17.0. The fourth-order valence-electron chi connectivity index (χ4n) is 1.73. The number of rotatable bonds is 4. The Morgan fingerprint density at radius 3 is 2.14 bits per heavy atom. The number of hydrogen-bond acceptors (Lipinski definition) is 4. The van der Waals surface area contributed by atoms with E-state index in [4.69, 9.17) is 4.74 Å². The molecule has 0 bridgehead atoms. The third-order valence-corrected chi connectivity index (χ3v) is 2.67. The van der Waals surface area contributed by atoms with Gasteiger partial charge in [0.15, 0.2) is 0 Å². The maximum absolute atomic E-state index is 12.2. The number of nitrogens with one attached hydrogen (secondary N) is 2. The van der Waals surface area contributed by atoms with E-state index < -0.39 is 23.6 Å². The molecule has 0 saturated carbocycles. The molecule has 2 N–H and O–H groups in total. The van der Waals surface area contributed by atoms with Crippen LogP contribution in [-0.4, -0.2) is 23.6 Å². The normalized spacial score (nSPS) is 12.7. The molecule has 0 saturated heterocycles. The molecule has 0 aliphatic carbocycles. The highest BCUT2D eigenvalue weighted by Crippen LogP contribution is 2.13. The minimum absolute atomic E-state index is 0.0210. The van der Waals surface area contributed by atoms with E-state index in [9.17, 15) is 9.59 Å². The molecule has 5 nitrogen and oxygen atoms in total. The van der Waals surface area contributed by atoms with Crippen LogP contribution in [0.4, 0.5) is 10.5 Å². The lowest BCUT2D eigenvalue weighted by Crippen LogP contribution is -2.46. The smallest absolute Gasteiger partial charge is 0.414 e. The molecule has 1 atom stereocenters. The maximum atomic E-state index is 12.2. The molecule has 1 rings (SSSR count). The summed E-state index contributed by atoms with van der Waals surface area (Å²) in [6.45, 7) is 9.07. The molecule has 1 aromatic rings. The number of anilines is 1. The number of alkyl carbamates (subject to hydrolysis) is 1. The van der Waals surface area contributed by atoms with Crippen LogP contribution < -0.4 is 10.6 Å². The van der Waals surface area contributed by atoms with E-state index in [1.165, 1.54) is 0 Å². The van der Waals surface area contributed by atoms with E-state index in [1.54, 1.807) is 20.8 Å². The molecule has 1 aromatic carbocycles. The van der Waals surface area contributed by atoms with Gasteiger partial charge in [0.05, 0.1) is 0 Å². The van der Waals surface area contributed by atoms with Crippen LogP contribution in [0.5, 0.6) is 0 Å². The number of imide groups is 1. The summed E-state index contributed by atoms with van der Waals surface area (Å²) in [7, 11) is 0. The molecule has 0 aromatic heterocycles. The van der Waals surface area contributed by atoms with Crippen molar-refractivity contribution in [2.75, 3.05) is 5.32 Å². The second kappa shape index (κ2) is 7.11. The first-order valence-corrected chi connectivity index (χ1v) is 7.04. The van der Waals surface area contributed by atoms with E-state index in [1.807, 2.05) is 44.2 Å². The molecule has 21 heavy (non-hydrogen) atoms. The molecule has 0 aliphatic rings. The van der Waals surface area contributed by atoms with E-state index >= 15 is 0 Å². The van der Waals surface area contributed by atoms with Crippen molar-refractivity contribution in [2.45, 2.75) is 46.3 Å². The van der Waals surface area contributed by atoms with Gasteiger partial charge in [-0.25, -0.2) is 4.79 Å². The van der Waals surface area contributed by atoms with Gasteiger partial charge in [-0.2, -0.15) is 0 Å². The van der Waals surface area contributed by atoms with Gasteiger partial charge in [0.25, 0.3) is 5.91 Å². The zero-order valence-electron chi connectivity index (χ0n) is 13.3. The van der Waals surface area contributed by atoms with Gasteiger partial charge in [-0.15, -0.1) is 0 Å². The van der Waals surface area contributed by atoms with Crippen LogP contribution in [0.2, 0.25) is 0 Å². The fraction of sp³-hybridized carbons (Fsp3) is 0.500. The lowest BCUT2D eigenvalue weighted by molar-refractivity contribution is -0.122. The predicted molar refractivity (Wildman–Crippen MR) is 83.1 cm³/mol. The first-order valence-electron chi connectivity index (χ1n) is 7.04. The highest BCUT2D eigenvalue weighted by molar-refractivity contribution is 5.96. The van der Waals surface area contributed by atoms with Gasteiger partial charge in [0, 0.05) is 5.69 Å². The van der Waals surface area contributed by atoms with Crippen LogP contribution in [-0.2, 0) is 9.53 Å². The number of carbonyl (C=O) groups excluding carboxylic acids is 2. The van der Waals surface area contributed by atoms with Crippen LogP contribution in [0, 0.1) is 5.92 Å². The second-order valence-electron chi connectivity index (χ2n) is 6.22. The minimum atomic E-state index is -0.729. The molecular weight excluding hydrogens is 268 g/mol. The summed E-state index contributed by atoms with van der Waals surface area (Å²) < 4.78 is 5.09. The Kier molecular flexibility index (Phi) is 5.76. The topological polar surface area (TPSA) is 67.4 Å². The van der Waals surface area contributed by atoms with E-state index in [2.05, 4.69) is 10.6 Å². The summed E-state index contributed by atoms with van der Waals surface area (Å²) >= 11 is 0. The predicted octanol–water partition coefficient (Wildman–Crippen LogP) is 3.17. The molecule has 116 valence electrons. The van der Waals surface area contributed by atoms with E-state index in [0.717, 1.165) is 5.69 Å². The number of benzene rings is 1. The summed E-state index contributed by atoms with van der Waals surface area (Å²) in [5.41, 5.74) is 0.195. The summed E-state index contributed by atoms with van der Waals surface area (Å²) in [4.78, 5) is 23.9. The van der Waals surface area contributed by atoms with Gasteiger partial charge in [0.2, 0.25) is 0 Å². The number of amides is 2. The Labute approximate surface area is 126 Å². The van der Waals surface area contributed by atoms with Crippen molar-refractivity contribution in [1.29, 1.82) is 0 Å². The Morgan fingerprint density at radius 1 is 1.10 bits per heavy atom. The molecule has 0 unspecified atom stereocenters. The molecule has 0 radical (unpaired) electrons. The Hall–Kier alpha value is -2.04. The van der Waals surface area contributed by atoms with Crippen LogP contribution in [0.3, 0.4) is 0 Å². The van der Waals surface area contributed by atoms with E-state index in [-0.39, 0.29) is 5.92 Å². The standard InChI is InChI=1S/C16H24N2O3/c1-11(2)13(17-12-9-7-6-8-10-12)14(19)18-15(20)21-16(3,4)5/h6-11,13,17H,1-5H3,(H,18,19,20)/t13-/m0/s1. The quantitative estimate of drug-likeness (QED) is 0.894. The minimum Gasteiger partial charge on any atom is -0.444 e. The lowest BCUT2D eigenvalue weighted by Gasteiger charge is -2.24. The van der Waals surface area contributed by atoms with Crippen molar-refractivity contribution in [3.63, 3.8) is 0 Å². The lowest BCUT2D eigenvalue weighted by atomic mass is 10.0. The maximum Gasteiger partial charge on any atom is 0.414 e. The van der Waals surface area contributed by atoms with Crippen molar-refractivity contribution in [1.82, 2.24) is 5.32 Å². The van der Waals surface area contributed by atoms with Crippen LogP contribution >= 0.6 is 0 Å². The Morgan fingerprint density at radius 2 is 1.67 bits per heavy atom. The van der Waals surface area contributed by atoms with Gasteiger partial charge in [-0.3, -0.25) is 10.1 Å². The summed E-state index contributed by atoms with van der Waals surface area (Å²) in [5.74, 6) is -0.379. The van der Waals surface area contributed by atoms with Gasteiger partial charge in [-0.1, -0.05) is 32.0 Å². The number of para-hydroxylation sites is 1. The first-order chi connectivity index (χ1) is 9.69. The zero-order chi connectivity index (χ0) is 16.0. The number of ether oxygens (including phenoxy) is 1. The van der Waals surface area contributed by atoms with Crippen molar-refractivity contribution < 1.29 is 14.3 Å². The SMILES string of the molecule is CC(C)[C@H](Nc1ccccc1)C(=O)NC(=O)OC(C)(C)C. The van der Waals surface area contributed by atoms with Crippen LogP contribution in [0.25, 0.3) is 0 Å². The average Bonchev–Trinajstić information content (AvgIpc) is 2.34. The van der Waals surface area contributed by atoms with Crippen LogP contribution in [0.1, 0.15) is 34.6 Å². The van der Waals surface area contributed by atoms with Crippen molar-refractivity contribution in [3.05, 3.63) is 30.3 Å². The van der Waals surface area contributed by atoms with Crippen molar-refractivity contribution in [2.24, 2.45) is 5.92 Å². The molecule has 0 fully saturated rings. The highest BCUT2D eigenvalue weighted by Gasteiger charge is 2.26. The number of hydrogen-bond donors (Lipinski definition) is 2. The summed E-state index contributed by atoms with van der Waals surface area (Å²) in [5, 5.41) is 5.40. The monoisotopic (exact) mass is 292 g/mol. The van der Waals surface area contributed by atoms with Crippen molar-refractivity contribution >= 4 is 17.7 Å². The highest BCUT2D eigenvalue weighted by atomic mass is 16.6. The molecule has 0 heterocycles. The van der Waals surface area contributed by atoms with Gasteiger partial charge >= 0.3 is 6.09 Å². The van der Waals surface area contributed by atoms with E-state index in [0.29, 0.717) is 0 Å². The third-order valence-electron chi connectivity index (χ3n) is 2.67. The largest absolute Gasteiger partial charge is 0.444 e. The third kappa shape index (κ3) is 6.29. The molecule has 5 heteroatoms. The Bertz CT molecular complexity index is 478. The van der Waals surface area contributed by atoms with Crippen molar-refractivity contribution in [3.8, 4) is 0 Å². The summed E-state index contributed by atoms with van der Waals surface area (Å²) in [6, 6.07) is 8.89. The Balaban J connectivity index is 2.68. The number of carbonyl (C=O) groups is 2. The average molecular weight is 292 g/mol. The van der Waals surface area contributed by atoms with Gasteiger partial charge in [0.1, 0.15) is 11.6 Å². The van der Waals surface area contributed by atoms with Crippen LogP contribution in [0.15, 0.2) is 30.3 Å². The second-order valence-corrected chi connectivity index (χ2v) is 6.22. The molecule has 0 aliphatic heterocycles. The summed E-state index contributed by atoms with van der Waals surface area (Å²) in [6.07, 6.45) is -0.729. The fourth-order valence-corrected chi connectivity index (χ4v) is 1.73. The molecular formula is C16H24N2O3. The zero-order valence-corrected chi connectivity index (χ0v) is 13.3.